The lowest BCUT2D eigenvalue weighted by Crippen LogP contribution is -2.75. The molecule has 29 heavy (non-hydrogen) atoms. The van der Waals surface area contributed by atoms with Crippen LogP contribution >= 0.6 is 34.8 Å². The van der Waals surface area contributed by atoms with E-state index < -0.39 is 5.82 Å². The van der Waals surface area contributed by atoms with Gasteiger partial charge in [0.2, 0.25) is 0 Å². The standard InChI is InChI=1S/C21H17Cl3FNO3/c22-14-4-2-13(6-16(14)24)29-8-19(28)26-21-9-20(10-21,11-21)7-18(27)12-1-3-15(23)17(25)5-12/h1-6H,7-11H2,(H,26,28). The summed E-state index contributed by atoms with van der Waals surface area (Å²) in [7, 11) is 0. The molecule has 0 unspecified atom stereocenters. The van der Waals surface area contributed by atoms with Gasteiger partial charge in [-0.25, -0.2) is 4.39 Å². The zero-order valence-corrected chi connectivity index (χ0v) is 17.5. The maximum atomic E-state index is 13.6. The second kappa shape index (κ2) is 7.46. The topological polar surface area (TPSA) is 55.4 Å². The minimum atomic E-state index is -0.596. The number of benzene rings is 2. The van der Waals surface area contributed by atoms with E-state index in [-0.39, 0.29) is 34.3 Å². The molecule has 3 saturated carbocycles. The highest BCUT2D eigenvalue weighted by Gasteiger charge is 2.68. The van der Waals surface area contributed by atoms with Crippen LogP contribution in [-0.4, -0.2) is 23.8 Å². The highest BCUT2D eigenvalue weighted by molar-refractivity contribution is 6.42. The van der Waals surface area contributed by atoms with Crippen molar-refractivity contribution in [1.82, 2.24) is 5.32 Å². The molecule has 4 nitrogen and oxygen atoms in total. The Labute approximate surface area is 182 Å². The first-order valence-corrected chi connectivity index (χ1v) is 10.2. The summed E-state index contributed by atoms with van der Waals surface area (Å²) in [5, 5.41) is 3.77. The third-order valence-electron chi connectivity index (χ3n) is 5.58. The fourth-order valence-electron chi connectivity index (χ4n) is 4.48. The molecule has 3 aliphatic rings. The smallest absolute Gasteiger partial charge is 0.258 e. The van der Waals surface area contributed by atoms with Gasteiger partial charge in [-0.2, -0.15) is 0 Å². The number of Topliss-reactive ketones (excluding diaryl/α,β-unsaturated/α-hetero) is 1. The molecule has 3 aliphatic carbocycles. The van der Waals surface area contributed by atoms with Crippen LogP contribution in [0.25, 0.3) is 0 Å². The molecule has 0 aliphatic heterocycles. The fourth-order valence-corrected chi connectivity index (χ4v) is 4.88. The van der Waals surface area contributed by atoms with Crippen LogP contribution in [0.3, 0.4) is 0 Å². The molecular formula is C21H17Cl3FNO3. The van der Waals surface area contributed by atoms with Gasteiger partial charge >= 0.3 is 0 Å². The number of halogens is 4. The zero-order chi connectivity index (χ0) is 20.8. The van der Waals surface area contributed by atoms with Crippen molar-refractivity contribution in [3.63, 3.8) is 0 Å². The van der Waals surface area contributed by atoms with Gasteiger partial charge in [-0.1, -0.05) is 34.8 Å². The summed E-state index contributed by atoms with van der Waals surface area (Å²) in [6, 6.07) is 8.90. The third-order valence-corrected chi connectivity index (χ3v) is 6.63. The first-order chi connectivity index (χ1) is 13.7. The minimum Gasteiger partial charge on any atom is -0.484 e. The van der Waals surface area contributed by atoms with Crippen LogP contribution < -0.4 is 10.1 Å². The number of hydrogen-bond acceptors (Lipinski definition) is 3. The molecule has 152 valence electrons. The molecule has 0 spiro atoms. The number of ketones is 1. The van der Waals surface area contributed by atoms with Crippen molar-refractivity contribution >= 4 is 46.5 Å². The number of rotatable bonds is 7. The Morgan fingerprint density at radius 2 is 1.69 bits per heavy atom. The Balaban J connectivity index is 1.25. The van der Waals surface area contributed by atoms with Gasteiger partial charge in [-0.3, -0.25) is 9.59 Å². The van der Waals surface area contributed by atoms with Crippen molar-refractivity contribution in [2.24, 2.45) is 5.41 Å². The van der Waals surface area contributed by atoms with Crippen LogP contribution in [0, 0.1) is 11.2 Å². The van der Waals surface area contributed by atoms with E-state index in [4.69, 9.17) is 39.5 Å². The maximum Gasteiger partial charge on any atom is 0.258 e. The SMILES string of the molecule is O=C(COc1ccc(Cl)c(Cl)c1)NC12CC(CC(=O)c3ccc(Cl)c(F)c3)(C1)C2. The van der Waals surface area contributed by atoms with Gasteiger partial charge in [0.05, 0.1) is 15.1 Å². The summed E-state index contributed by atoms with van der Waals surface area (Å²) in [5.41, 5.74) is -0.0426. The van der Waals surface area contributed by atoms with Gasteiger partial charge < -0.3 is 10.1 Å². The average Bonchev–Trinajstić information content (AvgIpc) is 2.62. The van der Waals surface area contributed by atoms with Crippen molar-refractivity contribution in [2.45, 2.75) is 31.2 Å². The van der Waals surface area contributed by atoms with Crippen molar-refractivity contribution < 1.29 is 18.7 Å². The van der Waals surface area contributed by atoms with E-state index in [0.717, 1.165) is 19.3 Å². The summed E-state index contributed by atoms with van der Waals surface area (Å²) < 4.78 is 19.0. The van der Waals surface area contributed by atoms with Gasteiger partial charge in [0, 0.05) is 23.6 Å². The van der Waals surface area contributed by atoms with E-state index in [1.54, 1.807) is 18.2 Å². The number of hydrogen-bond donors (Lipinski definition) is 1. The van der Waals surface area contributed by atoms with Crippen LogP contribution in [-0.2, 0) is 4.79 Å². The van der Waals surface area contributed by atoms with Crippen LogP contribution in [0.15, 0.2) is 36.4 Å². The Morgan fingerprint density at radius 3 is 2.34 bits per heavy atom. The molecule has 0 radical (unpaired) electrons. The minimum absolute atomic E-state index is 0.00294. The Kier molecular flexibility index (Phi) is 5.26. The summed E-state index contributed by atoms with van der Waals surface area (Å²) in [4.78, 5) is 24.6. The molecule has 0 atom stereocenters. The van der Waals surface area contributed by atoms with E-state index in [9.17, 15) is 14.0 Å². The second-order valence-electron chi connectivity index (χ2n) is 7.95. The van der Waals surface area contributed by atoms with Crippen LogP contribution in [0.4, 0.5) is 4.39 Å². The summed E-state index contributed by atoms with van der Waals surface area (Å²) in [6.07, 6.45) is 2.55. The lowest BCUT2D eigenvalue weighted by atomic mass is 9.38. The molecule has 1 N–H and O–H groups in total. The van der Waals surface area contributed by atoms with Crippen LogP contribution in [0.2, 0.25) is 15.1 Å². The molecule has 1 amide bonds. The highest BCUT2D eigenvalue weighted by atomic mass is 35.5. The first kappa shape index (κ1) is 20.5. The van der Waals surface area contributed by atoms with Gasteiger partial charge in [0.15, 0.2) is 12.4 Å². The quantitative estimate of drug-likeness (QED) is 0.562. The Hall–Kier alpha value is -1.82. The van der Waals surface area contributed by atoms with Gasteiger partial charge in [-0.05, 0) is 55.0 Å². The molecule has 2 aromatic rings. The van der Waals surface area contributed by atoms with E-state index in [1.165, 1.54) is 18.2 Å². The van der Waals surface area contributed by atoms with Crippen molar-refractivity contribution in [3.8, 4) is 5.75 Å². The number of carbonyl (C=O) groups is 2. The van der Waals surface area contributed by atoms with Crippen LogP contribution in [0.1, 0.15) is 36.0 Å². The van der Waals surface area contributed by atoms with Crippen molar-refractivity contribution in [1.29, 1.82) is 0 Å². The highest BCUT2D eigenvalue weighted by Crippen LogP contribution is 2.69. The van der Waals surface area contributed by atoms with Crippen molar-refractivity contribution in [3.05, 3.63) is 62.8 Å². The van der Waals surface area contributed by atoms with Gasteiger partial charge in [0.25, 0.3) is 5.91 Å². The van der Waals surface area contributed by atoms with Crippen LogP contribution in [0.5, 0.6) is 5.75 Å². The van der Waals surface area contributed by atoms with E-state index in [2.05, 4.69) is 5.32 Å². The molecular weight excluding hydrogens is 440 g/mol. The Bertz CT molecular complexity index is 991. The largest absolute Gasteiger partial charge is 0.484 e. The second-order valence-corrected chi connectivity index (χ2v) is 9.17. The van der Waals surface area contributed by atoms with Gasteiger partial charge in [0.1, 0.15) is 11.6 Å². The molecule has 2 bridgehead atoms. The summed E-state index contributed by atoms with van der Waals surface area (Å²) in [5.74, 6) is -0.469. The van der Waals surface area contributed by atoms with E-state index in [1.807, 2.05) is 0 Å². The Morgan fingerprint density at radius 1 is 1.00 bits per heavy atom. The predicted octanol–water partition coefficient (Wildman–Crippen LogP) is 5.48. The molecule has 0 saturated heterocycles. The van der Waals surface area contributed by atoms with E-state index >= 15 is 0 Å². The molecule has 0 aromatic heterocycles. The predicted molar refractivity (Wildman–Crippen MR) is 109 cm³/mol. The molecule has 5 rings (SSSR count). The number of amides is 1. The average molecular weight is 457 g/mol. The monoisotopic (exact) mass is 455 g/mol. The van der Waals surface area contributed by atoms with Crippen molar-refractivity contribution in [2.75, 3.05) is 6.61 Å². The third kappa shape index (κ3) is 4.09. The number of carbonyl (C=O) groups excluding carboxylic acids is 2. The molecule has 3 fully saturated rings. The summed E-state index contributed by atoms with van der Waals surface area (Å²) >= 11 is 17.4. The molecule has 8 heteroatoms. The fraction of sp³-hybridized carbons (Fsp3) is 0.333. The number of nitrogens with one attached hydrogen (secondary N) is 1. The first-order valence-electron chi connectivity index (χ1n) is 9.07. The lowest BCUT2D eigenvalue weighted by molar-refractivity contribution is -0.164. The molecule has 0 heterocycles. The summed E-state index contributed by atoms with van der Waals surface area (Å²) in [6.45, 7) is -0.129. The van der Waals surface area contributed by atoms with Gasteiger partial charge in [-0.15, -0.1) is 0 Å². The zero-order valence-electron chi connectivity index (χ0n) is 15.2. The molecule has 2 aromatic carbocycles. The lowest BCUT2D eigenvalue weighted by Gasteiger charge is -2.70. The number of ether oxygens (including phenoxy) is 1. The normalized spacial score (nSPS) is 24.3. The van der Waals surface area contributed by atoms with E-state index in [0.29, 0.717) is 27.8 Å². The maximum absolute atomic E-state index is 13.6.